The second-order valence-electron chi connectivity index (χ2n) is 3.36. The summed E-state index contributed by atoms with van der Waals surface area (Å²) >= 11 is 0. The highest BCUT2D eigenvalue weighted by molar-refractivity contribution is 5.91. The monoisotopic (exact) mass is 280 g/mol. The first-order valence-electron chi connectivity index (χ1n) is 5.90. The Morgan fingerprint density at radius 3 is 1.58 bits per heavy atom. The molecule has 0 radical (unpaired) electrons. The molecule has 0 rings (SSSR count). The van der Waals surface area contributed by atoms with Gasteiger partial charge in [0.1, 0.15) is 19.6 Å². The van der Waals surface area contributed by atoms with Crippen LogP contribution in [0, 0.1) is 0 Å². The van der Waals surface area contributed by atoms with Gasteiger partial charge in [-0.05, 0) is 13.8 Å². The van der Waals surface area contributed by atoms with E-state index in [-0.39, 0.29) is 26.4 Å². The van der Waals surface area contributed by atoms with Crippen LogP contribution in [0.4, 0.5) is 0 Å². The van der Waals surface area contributed by atoms with E-state index in [0.29, 0.717) is 0 Å². The van der Waals surface area contributed by atoms with E-state index in [0.717, 1.165) is 0 Å². The first kappa shape index (κ1) is 17.8. The minimum absolute atomic E-state index is 0.274. The number of esters is 2. The van der Waals surface area contributed by atoms with Gasteiger partial charge in [-0.1, -0.05) is 0 Å². The van der Waals surface area contributed by atoms with Gasteiger partial charge in [-0.3, -0.25) is 9.59 Å². The normalized spacial score (nSPS) is 13.7. The topological polar surface area (TPSA) is 112 Å². The maximum Gasteiger partial charge on any atom is 0.317 e. The molecule has 0 fully saturated rings. The fourth-order valence-electron chi connectivity index (χ4n) is 1.03. The molecule has 0 aliphatic carbocycles. The van der Waals surface area contributed by atoms with Gasteiger partial charge in [0, 0.05) is 13.2 Å². The van der Waals surface area contributed by atoms with Crippen LogP contribution in [0.5, 0.6) is 0 Å². The van der Waals surface area contributed by atoms with Gasteiger partial charge < -0.3 is 29.2 Å². The van der Waals surface area contributed by atoms with Gasteiger partial charge in [-0.25, -0.2) is 0 Å². The molecule has 0 aliphatic heterocycles. The summed E-state index contributed by atoms with van der Waals surface area (Å²) in [4.78, 5) is 22.3. The summed E-state index contributed by atoms with van der Waals surface area (Å²) in [6.45, 7) is 3.17. The molecular weight excluding hydrogens is 260 g/mol. The van der Waals surface area contributed by atoms with E-state index < -0.39 is 30.9 Å². The Bertz CT molecular complexity index is 241. The zero-order chi connectivity index (χ0) is 14.7. The first-order valence-corrected chi connectivity index (χ1v) is 5.90. The molecule has 2 unspecified atom stereocenters. The fraction of sp³-hybridized carbons (Fsp3) is 0.818. The minimum atomic E-state index is -1.22. The maximum atomic E-state index is 11.1. The Kier molecular flexibility index (Phi) is 9.99. The summed E-state index contributed by atoms with van der Waals surface area (Å²) in [5.74, 6) is -1.70. The predicted octanol–water partition coefficient (Wildman–Crippen LogP) is -0.827. The quantitative estimate of drug-likeness (QED) is 0.303. The van der Waals surface area contributed by atoms with E-state index in [4.69, 9.17) is 19.7 Å². The Balaban J connectivity index is 3.72. The number of ether oxygens (including phenoxy) is 4. The van der Waals surface area contributed by atoms with Crippen molar-refractivity contribution in [1.29, 1.82) is 0 Å². The Morgan fingerprint density at radius 2 is 1.26 bits per heavy atom. The molecule has 19 heavy (non-hydrogen) atoms. The van der Waals surface area contributed by atoms with Crippen LogP contribution in [-0.2, 0) is 28.5 Å². The second kappa shape index (κ2) is 10.7. The number of aliphatic hydroxyl groups excluding tert-OH is 2. The molecule has 112 valence electrons. The van der Waals surface area contributed by atoms with E-state index in [2.05, 4.69) is 9.47 Å². The van der Waals surface area contributed by atoms with Crippen molar-refractivity contribution >= 4 is 11.9 Å². The van der Waals surface area contributed by atoms with Crippen molar-refractivity contribution in [3.8, 4) is 0 Å². The molecule has 2 N–H and O–H groups in total. The molecule has 0 aromatic heterocycles. The van der Waals surface area contributed by atoms with Gasteiger partial charge in [0.15, 0.2) is 12.6 Å². The van der Waals surface area contributed by atoms with Gasteiger partial charge in [0.05, 0.1) is 0 Å². The van der Waals surface area contributed by atoms with E-state index in [1.165, 1.54) is 0 Å². The molecule has 0 spiro atoms. The van der Waals surface area contributed by atoms with Gasteiger partial charge in [-0.2, -0.15) is 0 Å². The van der Waals surface area contributed by atoms with Crippen LogP contribution in [0.25, 0.3) is 0 Å². The molecule has 0 saturated carbocycles. The number of hydrogen-bond acceptors (Lipinski definition) is 8. The van der Waals surface area contributed by atoms with Crippen molar-refractivity contribution in [2.45, 2.75) is 32.8 Å². The molecule has 8 heteroatoms. The highest BCUT2D eigenvalue weighted by Crippen LogP contribution is 1.96. The van der Waals surface area contributed by atoms with Gasteiger partial charge in [0.25, 0.3) is 0 Å². The van der Waals surface area contributed by atoms with Crippen LogP contribution in [0.1, 0.15) is 20.3 Å². The Morgan fingerprint density at radius 1 is 0.895 bits per heavy atom. The van der Waals surface area contributed by atoms with Crippen LogP contribution < -0.4 is 0 Å². The van der Waals surface area contributed by atoms with E-state index in [1.54, 1.807) is 13.8 Å². The van der Waals surface area contributed by atoms with Crippen molar-refractivity contribution in [1.82, 2.24) is 0 Å². The largest absolute Gasteiger partial charge is 0.460 e. The summed E-state index contributed by atoms with van der Waals surface area (Å²) in [6, 6.07) is 0. The van der Waals surface area contributed by atoms with E-state index in [9.17, 15) is 9.59 Å². The molecule has 0 bridgehead atoms. The maximum absolute atomic E-state index is 11.1. The second-order valence-corrected chi connectivity index (χ2v) is 3.36. The number of carbonyl (C=O) groups excluding carboxylic acids is 2. The lowest BCUT2D eigenvalue weighted by molar-refractivity contribution is -0.174. The van der Waals surface area contributed by atoms with Crippen molar-refractivity contribution < 1.29 is 38.7 Å². The highest BCUT2D eigenvalue weighted by atomic mass is 16.6. The van der Waals surface area contributed by atoms with Crippen LogP contribution in [0.2, 0.25) is 0 Å². The standard InChI is InChI=1S/C11H20O8/c1-3-16-10(14)6-18-8(12)5-9(13)19-7-11(15)17-4-2/h10-11,14-15H,3-7H2,1-2H3. The Hall–Kier alpha value is -1.22. The predicted molar refractivity (Wildman–Crippen MR) is 61.8 cm³/mol. The third kappa shape index (κ3) is 10.4. The lowest BCUT2D eigenvalue weighted by atomic mass is 10.4. The smallest absolute Gasteiger partial charge is 0.317 e. The summed E-state index contributed by atoms with van der Waals surface area (Å²) in [5.41, 5.74) is 0. The Labute approximate surface area is 111 Å². The fourth-order valence-corrected chi connectivity index (χ4v) is 1.03. The SMILES string of the molecule is CCOC(O)COC(=O)CC(=O)OCC(O)OCC. The summed E-state index contributed by atoms with van der Waals surface area (Å²) in [6.07, 6.45) is -3.05. The highest BCUT2D eigenvalue weighted by Gasteiger charge is 2.15. The van der Waals surface area contributed by atoms with Crippen LogP contribution in [0.3, 0.4) is 0 Å². The third-order valence-electron chi connectivity index (χ3n) is 1.78. The van der Waals surface area contributed by atoms with Gasteiger partial charge in [-0.15, -0.1) is 0 Å². The van der Waals surface area contributed by atoms with E-state index >= 15 is 0 Å². The average Bonchev–Trinajstić information content (AvgIpc) is 2.35. The van der Waals surface area contributed by atoms with Crippen molar-refractivity contribution in [3.63, 3.8) is 0 Å². The molecule has 0 saturated heterocycles. The minimum Gasteiger partial charge on any atom is -0.460 e. The van der Waals surface area contributed by atoms with Crippen molar-refractivity contribution in [3.05, 3.63) is 0 Å². The number of rotatable bonds is 10. The molecule has 0 aromatic rings. The third-order valence-corrected chi connectivity index (χ3v) is 1.78. The van der Waals surface area contributed by atoms with Gasteiger partial charge in [0.2, 0.25) is 0 Å². The number of hydrogen-bond donors (Lipinski definition) is 2. The average molecular weight is 280 g/mol. The number of aliphatic hydroxyl groups is 2. The zero-order valence-electron chi connectivity index (χ0n) is 11.0. The summed E-state index contributed by atoms with van der Waals surface area (Å²) < 4.78 is 18.6. The van der Waals surface area contributed by atoms with Crippen LogP contribution in [-0.4, -0.2) is 61.2 Å². The van der Waals surface area contributed by atoms with Crippen LogP contribution >= 0.6 is 0 Å². The lowest BCUT2D eigenvalue weighted by Crippen LogP contribution is -2.25. The molecular formula is C11H20O8. The summed E-state index contributed by atoms with van der Waals surface area (Å²) in [5, 5.41) is 18.2. The molecule has 2 atom stereocenters. The van der Waals surface area contributed by atoms with Crippen LogP contribution in [0.15, 0.2) is 0 Å². The lowest BCUT2D eigenvalue weighted by Gasteiger charge is -2.12. The molecule has 8 nitrogen and oxygen atoms in total. The number of carbonyl (C=O) groups is 2. The molecule has 0 aromatic carbocycles. The summed E-state index contributed by atoms with van der Waals surface area (Å²) in [7, 11) is 0. The van der Waals surface area contributed by atoms with Crippen molar-refractivity contribution in [2.24, 2.45) is 0 Å². The van der Waals surface area contributed by atoms with Crippen molar-refractivity contribution in [2.75, 3.05) is 26.4 Å². The molecule has 0 heterocycles. The van der Waals surface area contributed by atoms with Gasteiger partial charge >= 0.3 is 11.9 Å². The zero-order valence-corrected chi connectivity index (χ0v) is 11.0. The van der Waals surface area contributed by atoms with E-state index in [1.807, 2.05) is 0 Å². The molecule has 0 amide bonds. The first-order chi connectivity index (χ1) is 8.99. The molecule has 0 aliphatic rings.